The van der Waals surface area contributed by atoms with Crippen LogP contribution in [0, 0.1) is 0 Å². The molecule has 0 unspecified atom stereocenters. The van der Waals surface area contributed by atoms with E-state index in [0.717, 1.165) is 59.0 Å². The third-order valence-corrected chi connectivity index (χ3v) is 6.44. The van der Waals surface area contributed by atoms with Crippen LogP contribution in [0.15, 0.2) is 85.2 Å². The molecule has 3 heterocycles. The van der Waals surface area contributed by atoms with Gasteiger partial charge in [-0.25, -0.2) is 4.79 Å². The minimum absolute atomic E-state index is 0.220. The highest BCUT2D eigenvalue weighted by molar-refractivity contribution is 6.29. The standard InChI is InChI=1S/C28H22N2O2/c31-27-25(26(28(32-27)15-16-28)22-13-17-29-18-14-22)21-8-5-19(6-9-21)7-11-23-12-10-20-3-1-2-4-24(20)30-23/h1-6,8-10,12-14,17-18H,7,11,15-16H2. The van der Waals surface area contributed by atoms with Crippen molar-refractivity contribution in [2.75, 3.05) is 0 Å². The molecular weight excluding hydrogens is 396 g/mol. The molecule has 1 saturated carbocycles. The van der Waals surface area contributed by atoms with Crippen LogP contribution in [-0.4, -0.2) is 21.5 Å². The van der Waals surface area contributed by atoms with Gasteiger partial charge in [-0.05, 0) is 66.6 Å². The van der Waals surface area contributed by atoms with Crippen LogP contribution >= 0.6 is 0 Å². The molecule has 0 atom stereocenters. The summed E-state index contributed by atoms with van der Waals surface area (Å²) in [6.07, 6.45) is 7.08. The van der Waals surface area contributed by atoms with Crippen molar-refractivity contribution in [2.24, 2.45) is 0 Å². The quantitative estimate of drug-likeness (QED) is 0.406. The molecule has 1 aliphatic heterocycles. The van der Waals surface area contributed by atoms with Gasteiger partial charge in [0.05, 0.1) is 11.1 Å². The van der Waals surface area contributed by atoms with Crippen molar-refractivity contribution in [3.63, 3.8) is 0 Å². The lowest BCUT2D eigenvalue weighted by Gasteiger charge is -2.12. The molecule has 2 aromatic heterocycles. The van der Waals surface area contributed by atoms with Crippen LogP contribution in [0.5, 0.6) is 0 Å². The first-order valence-corrected chi connectivity index (χ1v) is 11.0. The monoisotopic (exact) mass is 418 g/mol. The third-order valence-electron chi connectivity index (χ3n) is 6.44. The Bertz CT molecular complexity index is 1350. The molecule has 1 aliphatic carbocycles. The van der Waals surface area contributed by atoms with Gasteiger partial charge in [0.25, 0.3) is 0 Å². The Kier molecular flexibility index (Phi) is 4.39. The molecule has 1 spiro atoms. The van der Waals surface area contributed by atoms with Gasteiger partial charge in [-0.15, -0.1) is 0 Å². The van der Waals surface area contributed by atoms with Crippen molar-refractivity contribution in [3.05, 3.63) is 108 Å². The van der Waals surface area contributed by atoms with Gasteiger partial charge in [0, 0.05) is 29.0 Å². The minimum atomic E-state index is -0.436. The maximum Gasteiger partial charge on any atom is 0.340 e. The van der Waals surface area contributed by atoms with Crippen LogP contribution in [0.1, 0.15) is 35.2 Å². The highest BCUT2D eigenvalue weighted by Crippen LogP contribution is 2.57. The average molecular weight is 418 g/mol. The number of hydrogen-bond acceptors (Lipinski definition) is 4. The number of pyridine rings is 2. The van der Waals surface area contributed by atoms with Gasteiger partial charge in [0.15, 0.2) is 0 Å². The van der Waals surface area contributed by atoms with Crippen molar-refractivity contribution in [2.45, 2.75) is 31.3 Å². The summed E-state index contributed by atoms with van der Waals surface area (Å²) in [7, 11) is 0. The fourth-order valence-electron chi connectivity index (χ4n) is 4.62. The molecule has 2 aliphatic rings. The van der Waals surface area contributed by atoms with Crippen molar-refractivity contribution in [1.29, 1.82) is 0 Å². The number of benzene rings is 2. The molecule has 4 heteroatoms. The summed E-state index contributed by atoms with van der Waals surface area (Å²) >= 11 is 0. The molecule has 4 aromatic rings. The molecule has 4 nitrogen and oxygen atoms in total. The molecule has 32 heavy (non-hydrogen) atoms. The van der Waals surface area contributed by atoms with E-state index in [0.29, 0.717) is 5.57 Å². The van der Waals surface area contributed by atoms with Crippen LogP contribution < -0.4 is 0 Å². The van der Waals surface area contributed by atoms with Gasteiger partial charge in [-0.1, -0.05) is 48.5 Å². The molecule has 0 saturated heterocycles. The van der Waals surface area contributed by atoms with Gasteiger partial charge in [0.2, 0.25) is 0 Å². The number of ether oxygens (including phenoxy) is 1. The molecule has 0 N–H and O–H groups in total. The lowest BCUT2D eigenvalue weighted by atomic mass is 9.91. The predicted octanol–water partition coefficient (Wildman–Crippen LogP) is 5.42. The summed E-state index contributed by atoms with van der Waals surface area (Å²) in [5, 5.41) is 1.16. The first-order valence-electron chi connectivity index (χ1n) is 11.0. The molecule has 2 aromatic carbocycles. The summed E-state index contributed by atoms with van der Waals surface area (Å²) in [6.45, 7) is 0. The number of para-hydroxylation sites is 1. The SMILES string of the molecule is O=C1OC2(CC2)C(c2ccncc2)=C1c1ccc(CCc2ccc3ccccc3n2)cc1. The normalized spacial score (nSPS) is 16.6. The van der Waals surface area contributed by atoms with Gasteiger partial charge >= 0.3 is 5.97 Å². The summed E-state index contributed by atoms with van der Waals surface area (Å²) in [5.41, 5.74) is 6.55. The second-order valence-electron chi connectivity index (χ2n) is 8.56. The number of rotatable bonds is 5. The Morgan fingerprint density at radius 3 is 2.38 bits per heavy atom. The lowest BCUT2D eigenvalue weighted by Crippen LogP contribution is -2.11. The van der Waals surface area contributed by atoms with E-state index in [9.17, 15) is 4.79 Å². The van der Waals surface area contributed by atoms with Gasteiger partial charge in [-0.2, -0.15) is 0 Å². The van der Waals surface area contributed by atoms with Gasteiger partial charge < -0.3 is 4.74 Å². The zero-order valence-corrected chi connectivity index (χ0v) is 17.6. The largest absolute Gasteiger partial charge is 0.451 e. The van der Waals surface area contributed by atoms with E-state index in [1.54, 1.807) is 12.4 Å². The predicted molar refractivity (Wildman–Crippen MR) is 125 cm³/mol. The molecule has 0 amide bonds. The highest BCUT2D eigenvalue weighted by atomic mass is 16.6. The van der Waals surface area contributed by atoms with E-state index in [4.69, 9.17) is 9.72 Å². The summed E-state index contributed by atoms with van der Waals surface area (Å²) in [4.78, 5) is 21.7. The Morgan fingerprint density at radius 1 is 0.812 bits per heavy atom. The van der Waals surface area contributed by atoms with Crippen LogP contribution in [0.2, 0.25) is 0 Å². The summed E-state index contributed by atoms with van der Waals surface area (Å²) < 4.78 is 5.82. The molecule has 0 radical (unpaired) electrons. The molecular formula is C28H22N2O2. The lowest BCUT2D eigenvalue weighted by molar-refractivity contribution is -0.138. The summed E-state index contributed by atoms with van der Waals surface area (Å²) in [6, 6.07) is 24.7. The molecule has 1 fully saturated rings. The smallest absolute Gasteiger partial charge is 0.340 e. The number of esters is 1. The van der Waals surface area contributed by atoms with E-state index < -0.39 is 5.60 Å². The highest BCUT2D eigenvalue weighted by Gasteiger charge is 2.57. The maximum atomic E-state index is 12.8. The third kappa shape index (κ3) is 3.28. The van der Waals surface area contributed by atoms with Crippen molar-refractivity contribution < 1.29 is 9.53 Å². The van der Waals surface area contributed by atoms with E-state index in [-0.39, 0.29) is 5.97 Å². The number of aryl methyl sites for hydroxylation is 2. The zero-order valence-electron chi connectivity index (χ0n) is 17.6. The van der Waals surface area contributed by atoms with Gasteiger partial charge in [0.1, 0.15) is 5.60 Å². The number of hydrogen-bond donors (Lipinski definition) is 0. The molecule has 156 valence electrons. The Hall–Kier alpha value is -3.79. The van der Waals surface area contributed by atoms with E-state index in [2.05, 4.69) is 41.4 Å². The van der Waals surface area contributed by atoms with Crippen molar-refractivity contribution in [1.82, 2.24) is 9.97 Å². The fourth-order valence-corrected chi connectivity index (χ4v) is 4.62. The number of carbonyl (C=O) groups is 1. The van der Waals surface area contributed by atoms with Crippen molar-refractivity contribution in [3.8, 4) is 0 Å². The van der Waals surface area contributed by atoms with Gasteiger partial charge in [-0.3, -0.25) is 9.97 Å². The number of nitrogens with zero attached hydrogens (tertiary/aromatic N) is 2. The minimum Gasteiger partial charge on any atom is -0.451 e. The number of aromatic nitrogens is 2. The van der Waals surface area contributed by atoms with Crippen LogP contribution in [-0.2, 0) is 22.4 Å². The van der Waals surface area contributed by atoms with Crippen LogP contribution in [0.25, 0.3) is 22.0 Å². The van der Waals surface area contributed by atoms with Crippen LogP contribution in [0.4, 0.5) is 0 Å². The number of fused-ring (bicyclic) bond motifs is 1. The Morgan fingerprint density at radius 2 is 1.59 bits per heavy atom. The average Bonchev–Trinajstić information content (AvgIpc) is 3.54. The molecule has 6 rings (SSSR count). The van der Waals surface area contributed by atoms with Crippen LogP contribution in [0.3, 0.4) is 0 Å². The van der Waals surface area contributed by atoms with E-state index >= 15 is 0 Å². The maximum absolute atomic E-state index is 12.8. The Labute approximate surface area is 186 Å². The topological polar surface area (TPSA) is 52.1 Å². The Balaban J connectivity index is 1.26. The van der Waals surface area contributed by atoms with E-state index in [1.165, 1.54) is 5.56 Å². The summed E-state index contributed by atoms with van der Waals surface area (Å²) in [5.74, 6) is -0.220. The number of carbonyl (C=O) groups excluding carboxylic acids is 1. The first-order chi connectivity index (χ1) is 15.7. The molecule has 0 bridgehead atoms. The van der Waals surface area contributed by atoms with E-state index in [1.807, 2.05) is 36.4 Å². The second-order valence-corrected chi connectivity index (χ2v) is 8.56. The first kappa shape index (κ1) is 18.9. The second kappa shape index (κ2) is 7.41. The fraction of sp³-hybridized carbons (Fsp3) is 0.179. The zero-order chi connectivity index (χ0) is 21.5. The van der Waals surface area contributed by atoms with Crippen molar-refractivity contribution >= 4 is 28.0 Å².